The summed E-state index contributed by atoms with van der Waals surface area (Å²) in [5.41, 5.74) is 0.623. The fourth-order valence-corrected chi connectivity index (χ4v) is 4.78. The summed E-state index contributed by atoms with van der Waals surface area (Å²) in [4.78, 5) is 0. The van der Waals surface area contributed by atoms with Crippen LogP contribution in [0.5, 0.6) is 0 Å². The molecule has 0 aromatic carbocycles. The van der Waals surface area contributed by atoms with Crippen molar-refractivity contribution in [3.05, 3.63) is 0 Å². The van der Waals surface area contributed by atoms with Crippen LogP contribution in [0.4, 0.5) is 0 Å². The van der Waals surface area contributed by atoms with Crippen LogP contribution in [0, 0.1) is 23.2 Å². The van der Waals surface area contributed by atoms with Gasteiger partial charge in [0.2, 0.25) is 0 Å². The Bertz CT molecular complexity index is 226. The predicted octanol–water partition coefficient (Wildman–Crippen LogP) is 6.20. The first-order valence-electron chi connectivity index (χ1n) is 8.64. The fraction of sp³-hybridized carbons (Fsp3) is 1.00. The summed E-state index contributed by atoms with van der Waals surface area (Å²) >= 11 is 0. The van der Waals surface area contributed by atoms with Crippen molar-refractivity contribution >= 4 is 0 Å². The summed E-state index contributed by atoms with van der Waals surface area (Å²) in [5.74, 6) is 3.11. The zero-order chi connectivity index (χ0) is 13.0. The highest BCUT2D eigenvalue weighted by Crippen LogP contribution is 2.49. The highest BCUT2D eigenvalue weighted by Gasteiger charge is 2.38. The maximum absolute atomic E-state index is 2.59. The van der Waals surface area contributed by atoms with Crippen LogP contribution in [0.2, 0.25) is 0 Å². The molecule has 0 saturated heterocycles. The van der Waals surface area contributed by atoms with Crippen LogP contribution in [0.25, 0.3) is 0 Å². The zero-order valence-corrected chi connectivity index (χ0v) is 13.0. The van der Waals surface area contributed by atoms with E-state index in [9.17, 15) is 0 Å². The molecule has 0 bridgehead atoms. The molecule has 2 saturated carbocycles. The van der Waals surface area contributed by atoms with E-state index in [1.54, 1.807) is 0 Å². The standard InChI is InChI=1S/C18H34/c1-4-8-15-11-13-17(14-12-15)18(2,3)16-9-6-5-7-10-16/h15-17H,4-14H2,1-3H3. The summed E-state index contributed by atoms with van der Waals surface area (Å²) in [6.45, 7) is 7.53. The van der Waals surface area contributed by atoms with Gasteiger partial charge in [0.25, 0.3) is 0 Å². The third-order valence-electron chi connectivity index (χ3n) is 6.25. The predicted molar refractivity (Wildman–Crippen MR) is 80.7 cm³/mol. The number of rotatable bonds is 4. The summed E-state index contributed by atoms with van der Waals surface area (Å²) < 4.78 is 0. The molecule has 2 fully saturated rings. The van der Waals surface area contributed by atoms with Gasteiger partial charge in [0.05, 0.1) is 0 Å². The lowest BCUT2D eigenvalue weighted by Gasteiger charge is -2.46. The summed E-state index contributed by atoms with van der Waals surface area (Å²) in [6, 6.07) is 0. The lowest BCUT2D eigenvalue weighted by Crippen LogP contribution is -2.36. The van der Waals surface area contributed by atoms with Crippen molar-refractivity contribution in [3.8, 4) is 0 Å². The molecule has 2 aliphatic carbocycles. The molecule has 0 nitrogen and oxygen atoms in total. The van der Waals surface area contributed by atoms with Gasteiger partial charge in [-0.1, -0.05) is 65.7 Å². The Morgan fingerprint density at radius 2 is 1.33 bits per heavy atom. The number of hydrogen-bond acceptors (Lipinski definition) is 0. The van der Waals surface area contributed by atoms with E-state index in [1.807, 2.05) is 0 Å². The molecule has 0 unspecified atom stereocenters. The number of hydrogen-bond donors (Lipinski definition) is 0. The maximum Gasteiger partial charge on any atom is -0.0298 e. The van der Waals surface area contributed by atoms with Crippen molar-refractivity contribution in [1.82, 2.24) is 0 Å². The molecule has 0 aromatic rings. The Morgan fingerprint density at radius 3 is 1.89 bits per heavy atom. The molecular weight excluding hydrogens is 216 g/mol. The monoisotopic (exact) mass is 250 g/mol. The SMILES string of the molecule is CCCC1CCC(C(C)(C)C2CCCCC2)CC1. The molecule has 0 atom stereocenters. The van der Waals surface area contributed by atoms with Gasteiger partial charge in [0, 0.05) is 0 Å². The molecule has 0 aliphatic heterocycles. The summed E-state index contributed by atoms with van der Waals surface area (Å²) in [5, 5.41) is 0. The van der Waals surface area contributed by atoms with E-state index in [4.69, 9.17) is 0 Å². The molecule has 0 heteroatoms. The molecule has 0 spiro atoms. The lowest BCUT2D eigenvalue weighted by molar-refractivity contribution is 0.0470. The molecule has 0 aromatic heterocycles. The van der Waals surface area contributed by atoms with E-state index < -0.39 is 0 Å². The van der Waals surface area contributed by atoms with Gasteiger partial charge in [0.1, 0.15) is 0 Å². The van der Waals surface area contributed by atoms with Gasteiger partial charge in [-0.05, 0) is 48.9 Å². The van der Waals surface area contributed by atoms with Gasteiger partial charge in [-0.25, -0.2) is 0 Å². The second-order valence-corrected chi connectivity index (χ2v) is 7.66. The van der Waals surface area contributed by atoms with Crippen LogP contribution >= 0.6 is 0 Å². The summed E-state index contributed by atoms with van der Waals surface area (Å²) in [6.07, 6.45) is 16.5. The van der Waals surface area contributed by atoms with E-state index in [2.05, 4.69) is 20.8 Å². The van der Waals surface area contributed by atoms with Crippen LogP contribution in [-0.2, 0) is 0 Å². The second-order valence-electron chi connectivity index (χ2n) is 7.66. The van der Waals surface area contributed by atoms with Crippen LogP contribution in [0.1, 0.15) is 91.4 Å². The van der Waals surface area contributed by atoms with Crippen LogP contribution in [-0.4, -0.2) is 0 Å². The molecule has 106 valence electrons. The smallest absolute Gasteiger partial charge is 0.0298 e. The second kappa shape index (κ2) is 6.44. The quantitative estimate of drug-likeness (QED) is 0.557. The Morgan fingerprint density at radius 1 is 0.778 bits per heavy atom. The largest absolute Gasteiger partial charge is 0.0654 e. The minimum absolute atomic E-state index is 0.623. The Kier molecular flexibility index (Phi) is 5.15. The third kappa shape index (κ3) is 3.31. The molecule has 2 rings (SSSR count). The molecule has 0 N–H and O–H groups in total. The van der Waals surface area contributed by atoms with Crippen molar-refractivity contribution in [1.29, 1.82) is 0 Å². The highest BCUT2D eigenvalue weighted by atomic mass is 14.4. The molecule has 2 aliphatic rings. The van der Waals surface area contributed by atoms with Crippen LogP contribution in [0.15, 0.2) is 0 Å². The highest BCUT2D eigenvalue weighted by molar-refractivity contribution is 4.89. The minimum Gasteiger partial charge on any atom is -0.0654 e. The van der Waals surface area contributed by atoms with Crippen LogP contribution in [0.3, 0.4) is 0 Å². The first kappa shape index (κ1) is 14.4. The van der Waals surface area contributed by atoms with E-state index in [1.165, 1.54) is 70.6 Å². The van der Waals surface area contributed by atoms with Gasteiger partial charge in [-0.2, -0.15) is 0 Å². The molecule has 0 radical (unpaired) electrons. The van der Waals surface area contributed by atoms with Crippen molar-refractivity contribution in [2.45, 2.75) is 91.4 Å². The summed E-state index contributed by atoms with van der Waals surface area (Å²) in [7, 11) is 0. The first-order chi connectivity index (χ1) is 8.64. The zero-order valence-electron chi connectivity index (χ0n) is 13.0. The van der Waals surface area contributed by atoms with E-state index in [0.29, 0.717) is 5.41 Å². The molecular formula is C18H34. The maximum atomic E-state index is 2.59. The van der Waals surface area contributed by atoms with Crippen molar-refractivity contribution in [2.24, 2.45) is 23.2 Å². The van der Waals surface area contributed by atoms with E-state index in [0.717, 1.165) is 17.8 Å². The fourth-order valence-electron chi connectivity index (χ4n) is 4.78. The average Bonchev–Trinajstić information content (AvgIpc) is 2.41. The van der Waals surface area contributed by atoms with Gasteiger partial charge >= 0.3 is 0 Å². The minimum atomic E-state index is 0.623. The normalized spacial score (nSPS) is 31.5. The Labute approximate surface area is 115 Å². The Balaban J connectivity index is 1.86. The van der Waals surface area contributed by atoms with Gasteiger partial charge in [0.15, 0.2) is 0 Å². The van der Waals surface area contributed by atoms with Crippen molar-refractivity contribution in [2.75, 3.05) is 0 Å². The van der Waals surface area contributed by atoms with E-state index in [-0.39, 0.29) is 0 Å². The van der Waals surface area contributed by atoms with Crippen LogP contribution < -0.4 is 0 Å². The average molecular weight is 250 g/mol. The van der Waals surface area contributed by atoms with Gasteiger partial charge in [-0.15, -0.1) is 0 Å². The lowest BCUT2D eigenvalue weighted by atomic mass is 9.60. The van der Waals surface area contributed by atoms with Gasteiger partial charge in [-0.3, -0.25) is 0 Å². The third-order valence-corrected chi connectivity index (χ3v) is 6.25. The Hall–Kier alpha value is 0. The first-order valence-corrected chi connectivity index (χ1v) is 8.64. The van der Waals surface area contributed by atoms with Gasteiger partial charge < -0.3 is 0 Å². The molecule has 0 amide bonds. The van der Waals surface area contributed by atoms with Crippen molar-refractivity contribution < 1.29 is 0 Å². The van der Waals surface area contributed by atoms with Crippen molar-refractivity contribution in [3.63, 3.8) is 0 Å². The van der Waals surface area contributed by atoms with E-state index >= 15 is 0 Å². The molecule has 0 heterocycles. The molecule has 18 heavy (non-hydrogen) atoms. The topological polar surface area (TPSA) is 0 Å².